The summed E-state index contributed by atoms with van der Waals surface area (Å²) >= 11 is 0. The molecule has 2 fully saturated rings. The number of carbonyl (C=O) groups excluding carboxylic acids is 2. The zero-order chi connectivity index (χ0) is 13.7. The monoisotopic (exact) mass is 269 g/mol. The first-order valence-electron chi connectivity index (χ1n) is 7.09. The number of rotatable bonds is 6. The largest absolute Gasteiger partial charge is 0.379 e. The second kappa shape index (κ2) is 6.86. The molecule has 6 heteroatoms. The van der Waals surface area contributed by atoms with E-state index in [4.69, 9.17) is 4.74 Å². The van der Waals surface area contributed by atoms with Crippen LogP contribution in [0.25, 0.3) is 0 Å². The SMILES string of the molecule is CCCNC1COCC1C(=O)NCC1CCC(=O)N1. The van der Waals surface area contributed by atoms with Gasteiger partial charge in [0.05, 0.1) is 19.1 Å². The summed E-state index contributed by atoms with van der Waals surface area (Å²) in [5.41, 5.74) is 0. The van der Waals surface area contributed by atoms with Crippen LogP contribution in [0.4, 0.5) is 0 Å². The number of carbonyl (C=O) groups is 2. The van der Waals surface area contributed by atoms with Gasteiger partial charge in [-0.25, -0.2) is 0 Å². The minimum absolute atomic E-state index is 0.0206. The van der Waals surface area contributed by atoms with Gasteiger partial charge in [-0.15, -0.1) is 0 Å². The van der Waals surface area contributed by atoms with Gasteiger partial charge in [0.15, 0.2) is 0 Å². The molecule has 2 aliphatic rings. The van der Waals surface area contributed by atoms with E-state index in [9.17, 15) is 9.59 Å². The van der Waals surface area contributed by atoms with Crippen LogP contribution in [-0.2, 0) is 14.3 Å². The molecular weight excluding hydrogens is 246 g/mol. The second-order valence-corrected chi connectivity index (χ2v) is 5.25. The minimum atomic E-state index is -0.122. The summed E-state index contributed by atoms with van der Waals surface area (Å²) in [6, 6.07) is 0.193. The summed E-state index contributed by atoms with van der Waals surface area (Å²) in [5, 5.41) is 9.11. The molecule has 2 heterocycles. The molecule has 0 aromatic heterocycles. The van der Waals surface area contributed by atoms with Crippen molar-refractivity contribution in [2.45, 2.75) is 38.3 Å². The van der Waals surface area contributed by atoms with Crippen molar-refractivity contribution < 1.29 is 14.3 Å². The number of ether oxygens (including phenoxy) is 1. The van der Waals surface area contributed by atoms with Crippen LogP contribution in [0.5, 0.6) is 0 Å². The van der Waals surface area contributed by atoms with Gasteiger partial charge in [-0.05, 0) is 19.4 Å². The Bertz CT molecular complexity index is 335. The molecule has 0 bridgehead atoms. The van der Waals surface area contributed by atoms with Crippen molar-refractivity contribution in [3.05, 3.63) is 0 Å². The van der Waals surface area contributed by atoms with Gasteiger partial charge >= 0.3 is 0 Å². The van der Waals surface area contributed by atoms with Crippen LogP contribution in [0.3, 0.4) is 0 Å². The third-order valence-electron chi connectivity index (χ3n) is 3.68. The van der Waals surface area contributed by atoms with Crippen molar-refractivity contribution >= 4 is 11.8 Å². The molecule has 2 rings (SSSR count). The maximum atomic E-state index is 12.1. The maximum Gasteiger partial charge on any atom is 0.227 e. The first-order chi connectivity index (χ1) is 9.20. The lowest BCUT2D eigenvalue weighted by atomic mass is 10.0. The van der Waals surface area contributed by atoms with Crippen LogP contribution >= 0.6 is 0 Å². The molecule has 3 N–H and O–H groups in total. The van der Waals surface area contributed by atoms with Gasteiger partial charge in [0.1, 0.15) is 0 Å². The zero-order valence-corrected chi connectivity index (χ0v) is 11.4. The molecule has 0 spiro atoms. The first kappa shape index (κ1) is 14.3. The fourth-order valence-electron chi connectivity index (χ4n) is 2.53. The second-order valence-electron chi connectivity index (χ2n) is 5.25. The van der Waals surface area contributed by atoms with Gasteiger partial charge in [0.2, 0.25) is 11.8 Å². The van der Waals surface area contributed by atoms with Gasteiger partial charge in [-0.2, -0.15) is 0 Å². The highest BCUT2D eigenvalue weighted by Gasteiger charge is 2.34. The van der Waals surface area contributed by atoms with Crippen LogP contribution in [0.15, 0.2) is 0 Å². The van der Waals surface area contributed by atoms with Crippen molar-refractivity contribution in [3.63, 3.8) is 0 Å². The van der Waals surface area contributed by atoms with E-state index in [1.165, 1.54) is 0 Å². The highest BCUT2D eigenvalue weighted by molar-refractivity contribution is 5.81. The molecule has 6 nitrogen and oxygen atoms in total. The predicted octanol–water partition coefficient (Wildman–Crippen LogP) is -0.604. The fraction of sp³-hybridized carbons (Fsp3) is 0.846. The van der Waals surface area contributed by atoms with Gasteiger partial charge in [0, 0.05) is 25.0 Å². The highest BCUT2D eigenvalue weighted by atomic mass is 16.5. The fourth-order valence-corrected chi connectivity index (χ4v) is 2.53. The van der Waals surface area contributed by atoms with E-state index in [2.05, 4.69) is 22.9 Å². The van der Waals surface area contributed by atoms with Crippen molar-refractivity contribution in [1.29, 1.82) is 0 Å². The number of nitrogens with one attached hydrogen (secondary N) is 3. The Balaban J connectivity index is 1.73. The van der Waals surface area contributed by atoms with E-state index < -0.39 is 0 Å². The summed E-state index contributed by atoms with van der Waals surface area (Å²) in [7, 11) is 0. The van der Waals surface area contributed by atoms with Crippen molar-refractivity contribution in [2.24, 2.45) is 5.92 Å². The molecule has 0 saturated carbocycles. The topological polar surface area (TPSA) is 79.5 Å². The molecule has 2 amide bonds. The Morgan fingerprint density at radius 2 is 2.32 bits per heavy atom. The Kier molecular flexibility index (Phi) is 5.15. The normalized spacial score (nSPS) is 30.4. The van der Waals surface area contributed by atoms with Crippen molar-refractivity contribution in [2.75, 3.05) is 26.3 Å². The lowest BCUT2D eigenvalue weighted by molar-refractivity contribution is -0.125. The van der Waals surface area contributed by atoms with E-state index in [0.29, 0.717) is 26.2 Å². The Hall–Kier alpha value is -1.14. The maximum absolute atomic E-state index is 12.1. The third kappa shape index (κ3) is 3.91. The van der Waals surface area contributed by atoms with Crippen LogP contribution in [0, 0.1) is 5.92 Å². The average molecular weight is 269 g/mol. The quantitative estimate of drug-likeness (QED) is 0.601. The van der Waals surface area contributed by atoms with Gasteiger partial charge < -0.3 is 20.7 Å². The molecular formula is C13H23N3O3. The summed E-state index contributed by atoms with van der Waals surface area (Å²) in [5.74, 6) is -0.0261. The molecule has 3 atom stereocenters. The smallest absolute Gasteiger partial charge is 0.227 e. The van der Waals surface area contributed by atoms with Crippen LogP contribution in [0.2, 0.25) is 0 Å². The first-order valence-corrected chi connectivity index (χ1v) is 7.09. The Labute approximate surface area is 113 Å². The van der Waals surface area contributed by atoms with E-state index in [1.54, 1.807) is 0 Å². The van der Waals surface area contributed by atoms with E-state index in [1.807, 2.05) is 0 Å². The molecule has 3 unspecified atom stereocenters. The predicted molar refractivity (Wildman–Crippen MR) is 70.6 cm³/mol. The van der Waals surface area contributed by atoms with Crippen LogP contribution in [0.1, 0.15) is 26.2 Å². The zero-order valence-electron chi connectivity index (χ0n) is 11.4. The number of hydrogen-bond acceptors (Lipinski definition) is 4. The summed E-state index contributed by atoms with van der Waals surface area (Å²) < 4.78 is 5.38. The lowest BCUT2D eigenvalue weighted by Crippen LogP contribution is -2.47. The minimum Gasteiger partial charge on any atom is -0.379 e. The van der Waals surface area contributed by atoms with E-state index >= 15 is 0 Å². The summed E-state index contributed by atoms with van der Waals surface area (Å²) in [6.45, 7) is 4.58. The summed E-state index contributed by atoms with van der Waals surface area (Å²) in [6.07, 6.45) is 2.41. The standard InChI is InChI=1S/C13H23N3O3/c1-2-5-14-11-8-19-7-10(11)13(18)15-6-9-3-4-12(17)16-9/h9-11,14H,2-8H2,1H3,(H,15,18)(H,16,17). The molecule has 0 aromatic carbocycles. The molecule has 0 aromatic rings. The molecule has 108 valence electrons. The Morgan fingerprint density at radius 3 is 3.00 bits per heavy atom. The molecule has 19 heavy (non-hydrogen) atoms. The van der Waals surface area contributed by atoms with E-state index in [-0.39, 0.29) is 29.8 Å². The van der Waals surface area contributed by atoms with Gasteiger partial charge in [-0.3, -0.25) is 9.59 Å². The lowest BCUT2D eigenvalue weighted by Gasteiger charge is -2.19. The third-order valence-corrected chi connectivity index (χ3v) is 3.68. The highest BCUT2D eigenvalue weighted by Crippen LogP contribution is 2.14. The molecule has 2 aliphatic heterocycles. The van der Waals surface area contributed by atoms with Crippen molar-refractivity contribution in [3.8, 4) is 0 Å². The number of amides is 2. The average Bonchev–Trinajstić information content (AvgIpc) is 3.02. The Morgan fingerprint density at radius 1 is 1.47 bits per heavy atom. The van der Waals surface area contributed by atoms with Crippen molar-refractivity contribution in [1.82, 2.24) is 16.0 Å². The molecule has 0 radical (unpaired) electrons. The molecule has 0 aliphatic carbocycles. The van der Waals surface area contributed by atoms with E-state index in [0.717, 1.165) is 19.4 Å². The molecule has 2 saturated heterocycles. The number of hydrogen-bond donors (Lipinski definition) is 3. The van der Waals surface area contributed by atoms with Gasteiger partial charge in [-0.1, -0.05) is 6.92 Å². The van der Waals surface area contributed by atoms with Crippen LogP contribution in [-0.4, -0.2) is 50.2 Å². The van der Waals surface area contributed by atoms with Gasteiger partial charge in [0.25, 0.3) is 0 Å². The summed E-state index contributed by atoms with van der Waals surface area (Å²) in [4.78, 5) is 23.2. The van der Waals surface area contributed by atoms with Crippen LogP contribution < -0.4 is 16.0 Å².